The highest BCUT2D eigenvalue weighted by atomic mass is 16.6. The number of aliphatic hydroxyl groups excluding tert-OH is 1. The molecule has 32 heavy (non-hydrogen) atoms. The smallest absolute Gasteiger partial charge is 0.295 e. The number of ketones is 1. The Morgan fingerprint density at radius 3 is 2.31 bits per heavy atom. The van der Waals surface area contributed by atoms with Gasteiger partial charge in [-0.2, -0.15) is 0 Å². The van der Waals surface area contributed by atoms with Gasteiger partial charge in [-0.3, -0.25) is 19.6 Å². The van der Waals surface area contributed by atoms with E-state index in [9.17, 15) is 14.7 Å². The van der Waals surface area contributed by atoms with Crippen molar-refractivity contribution in [2.75, 3.05) is 13.2 Å². The molecule has 5 rings (SSSR count). The fourth-order valence-electron chi connectivity index (χ4n) is 3.97. The highest BCUT2D eigenvalue weighted by molar-refractivity contribution is 6.46. The van der Waals surface area contributed by atoms with Crippen LogP contribution in [0.5, 0.6) is 11.5 Å². The number of hydrogen-bond donors (Lipinski definition) is 1. The van der Waals surface area contributed by atoms with Gasteiger partial charge in [0.1, 0.15) is 19.0 Å². The zero-order valence-electron chi connectivity index (χ0n) is 17.0. The maximum Gasteiger partial charge on any atom is 0.295 e. The largest absolute Gasteiger partial charge is 0.507 e. The summed E-state index contributed by atoms with van der Waals surface area (Å²) in [6.45, 7) is 1.03. The number of aliphatic hydroxyl groups is 1. The van der Waals surface area contributed by atoms with Crippen LogP contribution in [0.25, 0.3) is 5.76 Å². The second-order valence-corrected chi connectivity index (χ2v) is 7.42. The Bertz CT molecular complexity index is 1210. The first-order valence-electron chi connectivity index (χ1n) is 10.1. The van der Waals surface area contributed by atoms with Crippen molar-refractivity contribution in [3.63, 3.8) is 0 Å². The lowest BCUT2D eigenvalue weighted by atomic mass is 9.95. The molecule has 4 heterocycles. The van der Waals surface area contributed by atoms with Crippen LogP contribution in [0.4, 0.5) is 0 Å². The maximum absolute atomic E-state index is 13.1. The summed E-state index contributed by atoms with van der Waals surface area (Å²) in [6.07, 6.45) is 6.43. The highest BCUT2D eigenvalue weighted by Crippen LogP contribution is 2.41. The van der Waals surface area contributed by atoms with Crippen LogP contribution in [0.3, 0.4) is 0 Å². The van der Waals surface area contributed by atoms with Crippen LogP contribution in [-0.2, 0) is 16.1 Å². The Kier molecular flexibility index (Phi) is 5.03. The molecule has 8 nitrogen and oxygen atoms in total. The first kappa shape index (κ1) is 19.7. The van der Waals surface area contributed by atoms with Gasteiger partial charge in [-0.1, -0.05) is 0 Å². The number of carbonyl (C=O) groups excluding carboxylic acids is 2. The van der Waals surface area contributed by atoms with Crippen molar-refractivity contribution in [3.8, 4) is 11.5 Å². The van der Waals surface area contributed by atoms with Gasteiger partial charge in [-0.15, -0.1) is 0 Å². The van der Waals surface area contributed by atoms with E-state index in [4.69, 9.17) is 9.47 Å². The second-order valence-electron chi connectivity index (χ2n) is 7.42. The maximum atomic E-state index is 13.1. The Hall–Kier alpha value is -4.20. The molecule has 1 amide bonds. The fourth-order valence-corrected chi connectivity index (χ4v) is 3.97. The van der Waals surface area contributed by atoms with Crippen molar-refractivity contribution in [1.82, 2.24) is 14.9 Å². The summed E-state index contributed by atoms with van der Waals surface area (Å²) < 4.78 is 11.1. The molecule has 1 saturated heterocycles. The third kappa shape index (κ3) is 3.45. The molecule has 2 aromatic heterocycles. The molecule has 1 N–H and O–H groups in total. The molecule has 2 aliphatic rings. The fraction of sp³-hybridized carbons (Fsp3) is 0.167. The molecule has 0 spiro atoms. The predicted octanol–water partition coefficient (Wildman–Crippen LogP) is 2.87. The number of fused-ring (bicyclic) bond motifs is 1. The quantitative estimate of drug-likeness (QED) is 0.387. The Morgan fingerprint density at radius 1 is 0.938 bits per heavy atom. The van der Waals surface area contributed by atoms with Crippen LogP contribution in [0.2, 0.25) is 0 Å². The van der Waals surface area contributed by atoms with Gasteiger partial charge in [-0.25, -0.2) is 0 Å². The average molecular weight is 429 g/mol. The van der Waals surface area contributed by atoms with E-state index in [-0.39, 0.29) is 17.9 Å². The molecule has 1 unspecified atom stereocenters. The minimum absolute atomic E-state index is 0.0203. The van der Waals surface area contributed by atoms with E-state index in [0.29, 0.717) is 35.8 Å². The molecule has 160 valence electrons. The summed E-state index contributed by atoms with van der Waals surface area (Å²) in [5.74, 6) is -0.640. The van der Waals surface area contributed by atoms with E-state index in [0.717, 1.165) is 5.56 Å². The van der Waals surface area contributed by atoms with Gasteiger partial charge >= 0.3 is 0 Å². The molecule has 1 fully saturated rings. The number of rotatable bonds is 4. The Balaban J connectivity index is 1.62. The van der Waals surface area contributed by atoms with Crippen molar-refractivity contribution in [3.05, 3.63) is 89.5 Å². The van der Waals surface area contributed by atoms with Crippen LogP contribution in [0.1, 0.15) is 22.7 Å². The van der Waals surface area contributed by atoms with Crippen LogP contribution >= 0.6 is 0 Å². The SMILES string of the molecule is O=C1C(=O)N(Cc2ccncc2)C(c2ccncc2)/C1=C(/O)c1ccc2c(c1)OCCO2. The summed E-state index contributed by atoms with van der Waals surface area (Å²) in [5, 5.41) is 11.2. The van der Waals surface area contributed by atoms with Gasteiger partial charge < -0.3 is 19.5 Å². The normalized spacial score (nSPS) is 19.2. The lowest BCUT2D eigenvalue weighted by Gasteiger charge is -2.25. The van der Waals surface area contributed by atoms with Crippen LogP contribution in [-0.4, -0.2) is 44.9 Å². The second kappa shape index (κ2) is 8.14. The number of benzene rings is 1. The summed E-state index contributed by atoms with van der Waals surface area (Å²) in [4.78, 5) is 35.6. The molecule has 8 heteroatoms. The number of Topliss-reactive ketones (excluding diaryl/α,β-unsaturated/α-hetero) is 1. The molecule has 0 bridgehead atoms. The number of pyridine rings is 2. The molecule has 1 atom stereocenters. The number of hydrogen-bond acceptors (Lipinski definition) is 7. The van der Waals surface area contributed by atoms with Crippen molar-refractivity contribution >= 4 is 17.4 Å². The number of aromatic nitrogens is 2. The zero-order chi connectivity index (χ0) is 22.1. The molecule has 0 saturated carbocycles. The molecule has 3 aromatic rings. The summed E-state index contributed by atoms with van der Waals surface area (Å²) in [5.41, 5.74) is 1.88. The predicted molar refractivity (Wildman–Crippen MR) is 114 cm³/mol. The number of nitrogens with zero attached hydrogens (tertiary/aromatic N) is 3. The van der Waals surface area contributed by atoms with Crippen molar-refractivity contribution < 1.29 is 24.2 Å². The zero-order valence-corrected chi connectivity index (χ0v) is 17.0. The van der Waals surface area contributed by atoms with Crippen LogP contribution < -0.4 is 9.47 Å². The molecule has 1 aromatic carbocycles. The van der Waals surface area contributed by atoms with E-state index in [1.54, 1.807) is 67.3 Å². The van der Waals surface area contributed by atoms with Gasteiger partial charge in [0, 0.05) is 36.9 Å². The topological polar surface area (TPSA) is 102 Å². The third-order valence-electron chi connectivity index (χ3n) is 5.48. The van der Waals surface area contributed by atoms with Gasteiger partial charge in [0.05, 0.1) is 11.6 Å². The van der Waals surface area contributed by atoms with E-state index in [1.165, 1.54) is 4.90 Å². The Morgan fingerprint density at radius 2 is 1.59 bits per heavy atom. The number of amides is 1. The van der Waals surface area contributed by atoms with E-state index >= 15 is 0 Å². The first-order chi connectivity index (χ1) is 15.6. The highest BCUT2D eigenvalue weighted by Gasteiger charge is 2.46. The molecular formula is C24H19N3O5. The number of likely N-dealkylation sites (tertiary alicyclic amines) is 1. The van der Waals surface area contributed by atoms with Crippen LogP contribution in [0.15, 0.2) is 72.8 Å². The number of carbonyl (C=O) groups is 2. The molecule has 0 aliphatic carbocycles. The van der Waals surface area contributed by atoms with E-state index in [2.05, 4.69) is 9.97 Å². The van der Waals surface area contributed by atoms with Gasteiger partial charge in [0.25, 0.3) is 11.7 Å². The molecule has 0 radical (unpaired) electrons. The minimum Gasteiger partial charge on any atom is -0.507 e. The third-order valence-corrected chi connectivity index (χ3v) is 5.48. The van der Waals surface area contributed by atoms with E-state index < -0.39 is 17.7 Å². The van der Waals surface area contributed by atoms with Crippen molar-refractivity contribution in [2.24, 2.45) is 0 Å². The monoisotopic (exact) mass is 429 g/mol. The van der Waals surface area contributed by atoms with Crippen molar-refractivity contribution in [2.45, 2.75) is 12.6 Å². The standard InChI is InChI=1S/C24H19N3O5/c28-22(17-1-2-18-19(13-17)32-12-11-31-18)20-21(16-5-9-26-10-6-16)27(24(30)23(20)29)14-15-3-7-25-8-4-15/h1-10,13,21,28H,11-12,14H2/b22-20-. The molecular weight excluding hydrogens is 410 g/mol. The van der Waals surface area contributed by atoms with Crippen LogP contribution in [0, 0.1) is 0 Å². The molecule has 2 aliphatic heterocycles. The van der Waals surface area contributed by atoms with Gasteiger partial charge in [-0.05, 0) is 53.6 Å². The summed E-state index contributed by atoms with van der Waals surface area (Å²) >= 11 is 0. The van der Waals surface area contributed by atoms with Gasteiger partial charge in [0.15, 0.2) is 11.5 Å². The lowest BCUT2D eigenvalue weighted by molar-refractivity contribution is -0.140. The Labute approximate surface area is 183 Å². The first-order valence-corrected chi connectivity index (χ1v) is 10.1. The average Bonchev–Trinajstić information content (AvgIpc) is 3.09. The number of ether oxygens (including phenoxy) is 2. The van der Waals surface area contributed by atoms with Gasteiger partial charge in [0.2, 0.25) is 0 Å². The van der Waals surface area contributed by atoms with Crippen molar-refractivity contribution in [1.29, 1.82) is 0 Å². The minimum atomic E-state index is -0.764. The lowest BCUT2D eigenvalue weighted by Crippen LogP contribution is -2.29. The summed E-state index contributed by atoms with van der Waals surface area (Å²) in [6, 6.07) is 11.2. The summed E-state index contributed by atoms with van der Waals surface area (Å²) in [7, 11) is 0. The van der Waals surface area contributed by atoms with E-state index in [1.807, 2.05) is 0 Å².